The SMILES string of the molecule is O=C1NC=C(C(=O)c2ccc(-n3ccnc3)cc2)C(c2ccc(Cl)cc2Cl)N1. The third-order valence-electron chi connectivity index (χ3n) is 4.41. The third-order valence-corrected chi connectivity index (χ3v) is 4.98. The number of urea groups is 1. The van der Waals surface area contributed by atoms with Gasteiger partial charge >= 0.3 is 6.03 Å². The number of hydrogen-bond acceptors (Lipinski definition) is 3. The molecule has 2 N–H and O–H groups in total. The van der Waals surface area contributed by atoms with Crippen LogP contribution in [0.25, 0.3) is 5.69 Å². The number of aromatic nitrogens is 2. The average Bonchev–Trinajstić information content (AvgIpc) is 3.22. The first kappa shape index (κ1) is 18.3. The number of imidazole rings is 1. The number of halogens is 2. The highest BCUT2D eigenvalue weighted by Crippen LogP contribution is 2.33. The van der Waals surface area contributed by atoms with Crippen LogP contribution in [0.1, 0.15) is 22.0 Å². The summed E-state index contributed by atoms with van der Waals surface area (Å²) in [6, 6.07) is 11.0. The Balaban J connectivity index is 1.67. The summed E-state index contributed by atoms with van der Waals surface area (Å²) in [7, 11) is 0. The van der Waals surface area contributed by atoms with Gasteiger partial charge in [-0.3, -0.25) is 4.79 Å². The van der Waals surface area contributed by atoms with Gasteiger partial charge in [0.1, 0.15) is 0 Å². The Bertz CT molecular complexity index is 1080. The molecular weight excluding hydrogens is 399 g/mol. The first-order valence-electron chi connectivity index (χ1n) is 8.38. The molecule has 6 nitrogen and oxygen atoms in total. The maximum absolute atomic E-state index is 13.1. The number of hydrogen-bond donors (Lipinski definition) is 2. The molecule has 8 heteroatoms. The molecule has 0 radical (unpaired) electrons. The largest absolute Gasteiger partial charge is 0.327 e. The summed E-state index contributed by atoms with van der Waals surface area (Å²) >= 11 is 12.3. The molecule has 0 saturated carbocycles. The highest BCUT2D eigenvalue weighted by atomic mass is 35.5. The third kappa shape index (κ3) is 3.52. The molecule has 1 aliphatic rings. The Morgan fingerprint density at radius 1 is 1.11 bits per heavy atom. The Morgan fingerprint density at radius 2 is 1.89 bits per heavy atom. The van der Waals surface area contributed by atoms with E-state index in [0.717, 1.165) is 5.69 Å². The number of carbonyl (C=O) groups is 2. The zero-order chi connectivity index (χ0) is 19.7. The van der Waals surface area contributed by atoms with Crippen LogP contribution >= 0.6 is 23.2 Å². The lowest BCUT2D eigenvalue weighted by Crippen LogP contribution is -2.42. The molecule has 0 aliphatic carbocycles. The van der Waals surface area contributed by atoms with E-state index in [1.54, 1.807) is 42.9 Å². The van der Waals surface area contributed by atoms with Crippen LogP contribution in [0, 0.1) is 0 Å². The fourth-order valence-corrected chi connectivity index (χ4v) is 3.54. The number of carbonyl (C=O) groups excluding carboxylic acids is 2. The maximum atomic E-state index is 13.1. The molecule has 3 aromatic rings. The van der Waals surface area contributed by atoms with Gasteiger partial charge in [0.15, 0.2) is 5.78 Å². The number of rotatable bonds is 4. The molecule has 140 valence electrons. The number of amides is 2. The zero-order valence-corrected chi connectivity index (χ0v) is 15.9. The van der Waals surface area contributed by atoms with Gasteiger partial charge in [0, 0.05) is 45.5 Å². The van der Waals surface area contributed by atoms with Gasteiger partial charge in [-0.1, -0.05) is 29.3 Å². The van der Waals surface area contributed by atoms with Gasteiger partial charge in [0.2, 0.25) is 0 Å². The number of nitrogens with zero attached hydrogens (tertiary/aromatic N) is 2. The first-order chi connectivity index (χ1) is 13.5. The van der Waals surface area contributed by atoms with Gasteiger partial charge < -0.3 is 15.2 Å². The normalized spacial score (nSPS) is 16.1. The van der Waals surface area contributed by atoms with Crippen molar-refractivity contribution < 1.29 is 9.59 Å². The van der Waals surface area contributed by atoms with Gasteiger partial charge in [-0.2, -0.15) is 0 Å². The van der Waals surface area contributed by atoms with Crippen LogP contribution in [0.5, 0.6) is 0 Å². The summed E-state index contributed by atoms with van der Waals surface area (Å²) < 4.78 is 1.84. The van der Waals surface area contributed by atoms with E-state index in [4.69, 9.17) is 23.2 Å². The average molecular weight is 413 g/mol. The van der Waals surface area contributed by atoms with Crippen LogP contribution in [0.2, 0.25) is 10.0 Å². The minimum absolute atomic E-state index is 0.222. The standard InChI is InChI=1S/C20H14Cl2N4O2/c21-13-3-6-15(17(22)9-13)18-16(10-24-20(28)25-18)19(27)12-1-4-14(5-2-12)26-8-7-23-11-26/h1-11,18H,(H2,24,25,28). The number of benzene rings is 2. The molecule has 0 bridgehead atoms. The molecule has 2 amide bonds. The molecule has 0 fully saturated rings. The minimum Gasteiger partial charge on any atom is -0.327 e. The number of ketones is 1. The van der Waals surface area contributed by atoms with Crippen molar-refractivity contribution in [3.8, 4) is 5.69 Å². The van der Waals surface area contributed by atoms with Crippen molar-refractivity contribution in [2.75, 3.05) is 0 Å². The Kier molecular flexibility index (Phi) is 4.90. The lowest BCUT2D eigenvalue weighted by molar-refractivity contribution is 0.102. The van der Waals surface area contributed by atoms with Crippen molar-refractivity contribution in [3.63, 3.8) is 0 Å². The van der Waals surface area contributed by atoms with Gasteiger partial charge in [-0.15, -0.1) is 0 Å². The lowest BCUT2D eigenvalue weighted by Gasteiger charge is -2.26. The molecular formula is C20H14Cl2N4O2. The predicted octanol–water partition coefficient (Wildman–Crippen LogP) is 4.30. The lowest BCUT2D eigenvalue weighted by atomic mass is 9.92. The molecule has 0 spiro atoms. The van der Waals surface area contributed by atoms with Gasteiger partial charge in [0.25, 0.3) is 0 Å². The van der Waals surface area contributed by atoms with Crippen molar-refractivity contribution in [2.45, 2.75) is 6.04 Å². The summed E-state index contributed by atoms with van der Waals surface area (Å²) in [6.07, 6.45) is 6.60. The van der Waals surface area contributed by atoms with E-state index in [1.165, 1.54) is 6.20 Å². The van der Waals surface area contributed by atoms with Crippen LogP contribution in [-0.4, -0.2) is 21.4 Å². The molecule has 28 heavy (non-hydrogen) atoms. The summed E-state index contributed by atoms with van der Waals surface area (Å²) in [4.78, 5) is 29.0. The molecule has 1 aliphatic heterocycles. The maximum Gasteiger partial charge on any atom is 0.319 e. The number of nitrogens with one attached hydrogen (secondary N) is 2. The second-order valence-corrected chi connectivity index (χ2v) is 7.01. The molecule has 1 unspecified atom stereocenters. The highest BCUT2D eigenvalue weighted by Gasteiger charge is 2.30. The zero-order valence-electron chi connectivity index (χ0n) is 14.4. The summed E-state index contributed by atoms with van der Waals surface area (Å²) in [6.45, 7) is 0. The van der Waals surface area contributed by atoms with E-state index in [9.17, 15) is 9.59 Å². The monoisotopic (exact) mass is 412 g/mol. The fourth-order valence-electron chi connectivity index (χ4n) is 3.02. The Labute approximate surface area is 170 Å². The van der Waals surface area contributed by atoms with Gasteiger partial charge in [0.05, 0.1) is 12.4 Å². The van der Waals surface area contributed by atoms with E-state index < -0.39 is 12.1 Å². The van der Waals surface area contributed by atoms with E-state index >= 15 is 0 Å². The topological polar surface area (TPSA) is 76.0 Å². The van der Waals surface area contributed by atoms with Gasteiger partial charge in [-0.05, 0) is 42.0 Å². The van der Waals surface area contributed by atoms with Crippen molar-refractivity contribution in [2.24, 2.45) is 0 Å². The second-order valence-electron chi connectivity index (χ2n) is 6.16. The van der Waals surface area contributed by atoms with E-state index in [-0.39, 0.29) is 5.78 Å². The second kappa shape index (κ2) is 7.50. The van der Waals surface area contributed by atoms with E-state index in [1.807, 2.05) is 22.9 Å². The van der Waals surface area contributed by atoms with Crippen LogP contribution in [-0.2, 0) is 0 Å². The van der Waals surface area contributed by atoms with E-state index in [2.05, 4.69) is 15.6 Å². The van der Waals surface area contributed by atoms with Crippen molar-refractivity contribution in [3.05, 3.63) is 94.1 Å². The highest BCUT2D eigenvalue weighted by molar-refractivity contribution is 6.35. The van der Waals surface area contributed by atoms with Crippen molar-refractivity contribution in [1.82, 2.24) is 20.2 Å². The van der Waals surface area contributed by atoms with Crippen LogP contribution in [0.4, 0.5) is 4.79 Å². The summed E-state index contributed by atoms with van der Waals surface area (Å²) in [5, 5.41) is 6.12. The van der Waals surface area contributed by atoms with Crippen LogP contribution in [0.15, 0.2) is 73.0 Å². The van der Waals surface area contributed by atoms with E-state index in [0.29, 0.717) is 26.7 Å². The summed E-state index contributed by atoms with van der Waals surface area (Å²) in [5.74, 6) is -0.222. The van der Waals surface area contributed by atoms with Gasteiger partial charge in [-0.25, -0.2) is 9.78 Å². The molecule has 1 atom stereocenters. The fraction of sp³-hybridized carbons (Fsp3) is 0.0500. The summed E-state index contributed by atoms with van der Waals surface area (Å²) in [5.41, 5.74) is 2.34. The molecule has 1 aromatic heterocycles. The molecule has 4 rings (SSSR count). The minimum atomic E-state index is -0.681. The molecule has 0 saturated heterocycles. The smallest absolute Gasteiger partial charge is 0.319 e. The molecule has 2 heterocycles. The van der Waals surface area contributed by atoms with Crippen molar-refractivity contribution in [1.29, 1.82) is 0 Å². The number of Topliss-reactive ketones (excluding diaryl/α,β-unsaturated/α-hetero) is 1. The first-order valence-corrected chi connectivity index (χ1v) is 9.13. The Hall–Kier alpha value is -3.09. The van der Waals surface area contributed by atoms with Crippen LogP contribution < -0.4 is 10.6 Å². The molecule has 2 aromatic carbocycles. The van der Waals surface area contributed by atoms with Crippen LogP contribution in [0.3, 0.4) is 0 Å². The Morgan fingerprint density at radius 3 is 2.57 bits per heavy atom. The predicted molar refractivity (Wildman–Crippen MR) is 107 cm³/mol. The van der Waals surface area contributed by atoms with Crippen molar-refractivity contribution >= 4 is 35.0 Å². The quantitative estimate of drug-likeness (QED) is 0.627.